The van der Waals surface area contributed by atoms with E-state index >= 15 is 0 Å². The Bertz CT molecular complexity index is 1050. The average molecular weight is 405 g/mol. The second-order valence-corrected chi connectivity index (χ2v) is 7.00. The van der Waals surface area contributed by atoms with Crippen LogP contribution < -0.4 is 10.3 Å². The van der Waals surface area contributed by atoms with Crippen LogP contribution >= 0.6 is 23.4 Å². The Labute approximate surface area is 165 Å². The van der Waals surface area contributed by atoms with Crippen molar-refractivity contribution in [3.63, 3.8) is 0 Å². The van der Waals surface area contributed by atoms with E-state index in [9.17, 15) is 9.59 Å². The molecule has 3 aromatic rings. The van der Waals surface area contributed by atoms with Crippen LogP contribution in [-0.4, -0.2) is 29.7 Å². The topological polar surface area (TPSA) is 70.4 Å². The molecule has 0 aliphatic rings. The van der Waals surface area contributed by atoms with Crippen LogP contribution in [0, 0.1) is 0 Å². The molecule has 0 saturated carbocycles. The van der Waals surface area contributed by atoms with Crippen LogP contribution in [0.2, 0.25) is 5.02 Å². The molecule has 140 valence electrons. The van der Waals surface area contributed by atoms with Gasteiger partial charge < -0.3 is 9.47 Å². The lowest BCUT2D eigenvalue weighted by Crippen LogP contribution is -2.27. The number of thioether (sulfide) groups is 1. The molecule has 2 aromatic carbocycles. The Morgan fingerprint density at radius 1 is 1.22 bits per heavy atom. The summed E-state index contributed by atoms with van der Waals surface area (Å²) in [5.41, 5.74) is 1.15. The molecular weight excluding hydrogens is 388 g/mol. The Morgan fingerprint density at radius 2 is 2.00 bits per heavy atom. The van der Waals surface area contributed by atoms with Gasteiger partial charge in [-0.3, -0.25) is 14.2 Å². The van der Waals surface area contributed by atoms with Crippen molar-refractivity contribution in [1.29, 1.82) is 0 Å². The first kappa shape index (κ1) is 19.3. The molecule has 0 unspecified atom stereocenters. The Hall–Kier alpha value is -2.51. The minimum absolute atomic E-state index is 0.206. The van der Waals surface area contributed by atoms with Crippen LogP contribution in [0.3, 0.4) is 0 Å². The Kier molecular flexibility index (Phi) is 6.03. The van der Waals surface area contributed by atoms with Crippen molar-refractivity contribution in [2.75, 3.05) is 14.2 Å². The normalized spacial score (nSPS) is 10.8. The van der Waals surface area contributed by atoms with Gasteiger partial charge in [0.25, 0.3) is 5.56 Å². The molecule has 8 heteroatoms. The lowest BCUT2D eigenvalue weighted by molar-refractivity contribution is -0.141. The number of halogens is 1. The number of carbonyl (C=O) groups is 1. The number of rotatable bonds is 6. The molecule has 0 amide bonds. The minimum atomic E-state index is -0.517. The van der Waals surface area contributed by atoms with Gasteiger partial charge in [-0.15, -0.1) is 0 Å². The number of esters is 1. The van der Waals surface area contributed by atoms with E-state index in [1.807, 2.05) is 6.07 Å². The molecular formula is C19H17ClN2O4S. The molecule has 1 heterocycles. The molecule has 0 spiro atoms. The fourth-order valence-corrected chi connectivity index (χ4v) is 3.76. The van der Waals surface area contributed by atoms with Crippen LogP contribution in [0.25, 0.3) is 10.9 Å². The van der Waals surface area contributed by atoms with Crippen molar-refractivity contribution in [3.05, 3.63) is 63.4 Å². The van der Waals surface area contributed by atoms with Gasteiger partial charge in [0.1, 0.15) is 12.3 Å². The number of nitrogens with zero attached hydrogens (tertiary/aromatic N) is 2. The zero-order chi connectivity index (χ0) is 19.4. The van der Waals surface area contributed by atoms with Gasteiger partial charge in [0.15, 0.2) is 5.16 Å². The van der Waals surface area contributed by atoms with Crippen LogP contribution in [-0.2, 0) is 21.8 Å². The highest BCUT2D eigenvalue weighted by Gasteiger charge is 2.15. The van der Waals surface area contributed by atoms with Crippen molar-refractivity contribution in [2.45, 2.75) is 17.5 Å². The molecule has 0 bridgehead atoms. The number of hydrogen-bond donors (Lipinski definition) is 0. The molecule has 0 fully saturated rings. The first-order valence-electron chi connectivity index (χ1n) is 8.05. The van der Waals surface area contributed by atoms with Gasteiger partial charge in [-0.1, -0.05) is 35.5 Å². The fourth-order valence-electron chi connectivity index (χ4n) is 2.59. The highest BCUT2D eigenvalue weighted by molar-refractivity contribution is 7.98. The van der Waals surface area contributed by atoms with Gasteiger partial charge >= 0.3 is 5.97 Å². The summed E-state index contributed by atoms with van der Waals surface area (Å²) in [4.78, 5) is 29.2. The van der Waals surface area contributed by atoms with E-state index in [2.05, 4.69) is 4.98 Å². The van der Waals surface area contributed by atoms with E-state index in [0.29, 0.717) is 32.6 Å². The largest absolute Gasteiger partial charge is 0.496 e. The summed E-state index contributed by atoms with van der Waals surface area (Å²) in [6.07, 6.45) is 0. The maximum atomic E-state index is 12.8. The molecule has 27 heavy (non-hydrogen) atoms. The van der Waals surface area contributed by atoms with Gasteiger partial charge in [0.2, 0.25) is 0 Å². The van der Waals surface area contributed by atoms with E-state index in [0.717, 1.165) is 5.56 Å². The SMILES string of the molecule is COC(=O)Cn1c(SCc2cc(Cl)ccc2OC)nc2ccccc2c1=O. The van der Waals surface area contributed by atoms with Crippen LogP contribution in [0.5, 0.6) is 5.75 Å². The van der Waals surface area contributed by atoms with E-state index in [-0.39, 0.29) is 12.1 Å². The summed E-state index contributed by atoms with van der Waals surface area (Å²) < 4.78 is 11.4. The molecule has 0 aliphatic heterocycles. The van der Waals surface area contributed by atoms with Crippen LogP contribution in [0.4, 0.5) is 0 Å². The van der Waals surface area contributed by atoms with Gasteiger partial charge in [-0.05, 0) is 30.3 Å². The average Bonchev–Trinajstić information content (AvgIpc) is 2.68. The van der Waals surface area contributed by atoms with Crippen molar-refractivity contribution in [2.24, 2.45) is 0 Å². The molecule has 0 radical (unpaired) electrons. The summed E-state index contributed by atoms with van der Waals surface area (Å²) in [6.45, 7) is -0.206. The molecule has 0 N–H and O–H groups in total. The van der Waals surface area contributed by atoms with Crippen molar-refractivity contribution in [3.8, 4) is 5.75 Å². The third kappa shape index (κ3) is 4.26. The second kappa shape index (κ2) is 8.45. The summed E-state index contributed by atoms with van der Waals surface area (Å²) in [7, 11) is 2.87. The fraction of sp³-hybridized carbons (Fsp3) is 0.211. The number of methoxy groups -OCH3 is 2. The molecule has 6 nitrogen and oxygen atoms in total. The van der Waals surface area contributed by atoms with Crippen LogP contribution in [0.1, 0.15) is 5.56 Å². The van der Waals surface area contributed by atoms with Crippen molar-refractivity contribution >= 4 is 40.2 Å². The second-order valence-electron chi connectivity index (χ2n) is 5.62. The zero-order valence-corrected chi connectivity index (χ0v) is 16.3. The van der Waals surface area contributed by atoms with Gasteiger partial charge in [-0.2, -0.15) is 0 Å². The maximum Gasteiger partial charge on any atom is 0.325 e. The van der Waals surface area contributed by atoms with Crippen molar-refractivity contribution in [1.82, 2.24) is 9.55 Å². The minimum Gasteiger partial charge on any atom is -0.496 e. The third-order valence-corrected chi connectivity index (χ3v) is 5.20. The lowest BCUT2D eigenvalue weighted by atomic mass is 10.2. The number of ether oxygens (including phenoxy) is 2. The van der Waals surface area contributed by atoms with Gasteiger partial charge in [0.05, 0.1) is 25.1 Å². The van der Waals surface area contributed by atoms with E-state index in [1.165, 1.54) is 23.4 Å². The third-order valence-electron chi connectivity index (χ3n) is 3.94. The van der Waals surface area contributed by atoms with Crippen LogP contribution in [0.15, 0.2) is 52.4 Å². The molecule has 3 rings (SSSR count). The highest BCUT2D eigenvalue weighted by atomic mass is 35.5. The number of benzene rings is 2. The summed E-state index contributed by atoms with van der Waals surface area (Å²) >= 11 is 7.41. The van der Waals surface area contributed by atoms with E-state index in [1.54, 1.807) is 43.5 Å². The quantitative estimate of drug-likeness (QED) is 0.355. The molecule has 0 atom stereocenters. The maximum absolute atomic E-state index is 12.8. The Morgan fingerprint density at radius 3 is 2.74 bits per heavy atom. The van der Waals surface area contributed by atoms with Gasteiger partial charge in [0, 0.05) is 16.3 Å². The number of fused-ring (bicyclic) bond motifs is 1. The number of para-hydroxylation sites is 1. The summed E-state index contributed by atoms with van der Waals surface area (Å²) in [5.74, 6) is 0.640. The molecule has 0 aliphatic carbocycles. The number of aromatic nitrogens is 2. The van der Waals surface area contributed by atoms with Crippen molar-refractivity contribution < 1.29 is 14.3 Å². The number of carbonyl (C=O) groups excluding carboxylic acids is 1. The smallest absolute Gasteiger partial charge is 0.325 e. The lowest BCUT2D eigenvalue weighted by Gasteiger charge is -2.13. The summed E-state index contributed by atoms with van der Waals surface area (Å²) in [5, 5.41) is 1.46. The molecule has 0 saturated heterocycles. The first-order chi connectivity index (χ1) is 13.0. The predicted octanol–water partition coefficient (Wildman–Crippen LogP) is 3.52. The molecule has 1 aromatic heterocycles. The first-order valence-corrected chi connectivity index (χ1v) is 9.41. The number of hydrogen-bond acceptors (Lipinski definition) is 6. The zero-order valence-electron chi connectivity index (χ0n) is 14.8. The predicted molar refractivity (Wildman–Crippen MR) is 106 cm³/mol. The van der Waals surface area contributed by atoms with Gasteiger partial charge in [-0.25, -0.2) is 4.98 Å². The monoisotopic (exact) mass is 404 g/mol. The highest BCUT2D eigenvalue weighted by Crippen LogP contribution is 2.29. The Balaban J connectivity index is 2.02. The van der Waals surface area contributed by atoms with E-state index < -0.39 is 5.97 Å². The standard InChI is InChI=1S/C19H17ClN2O4S/c1-25-16-8-7-13(20)9-12(16)11-27-19-21-15-6-4-3-5-14(15)18(24)22(19)10-17(23)26-2/h3-9H,10-11H2,1-2H3. The van der Waals surface area contributed by atoms with E-state index in [4.69, 9.17) is 21.1 Å². The summed E-state index contributed by atoms with van der Waals surface area (Å²) in [6, 6.07) is 12.4.